The third-order valence-corrected chi connectivity index (χ3v) is 12.7. The largest absolute Gasteiger partial charge is 0.489 e. The predicted octanol–water partition coefficient (Wildman–Crippen LogP) is 3.83. The molecule has 0 aliphatic carbocycles. The summed E-state index contributed by atoms with van der Waals surface area (Å²) >= 11 is 1.20. The van der Waals surface area contributed by atoms with E-state index < -0.39 is 46.3 Å². The Morgan fingerprint density at radius 3 is 2.48 bits per heavy atom. The average Bonchev–Trinajstić information content (AvgIpc) is 3.50. The van der Waals surface area contributed by atoms with Crippen LogP contribution in [0.2, 0.25) is 0 Å². The third-order valence-electron chi connectivity index (χ3n) is 9.76. The number of aliphatic hydroxyl groups excluding tert-OH is 1. The van der Waals surface area contributed by atoms with E-state index in [1.807, 2.05) is 6.07 Å². The standard InChI is InChI=1S/C38H46F3N5O8S2/c1-53-37(50)31(9-10-34(42)48)45-36(49)24-7-8-29(32(22-24)54-19-18-47)43-15-3-6-33-28(23-38(39,40)41)27-4-2-5-30(35(27)55-33)44-25-11-16-46(17-12-25)26-13-20-56(51,52)21-14-26/h2,4-5,7-8,22,25-26,31,43-44,47H,9-21,23H2,1H3,(H2,42,48)(H,45,49). The van der Waals surface area contributed by atoms with Gasteiger partial charge in [-0.3, -0.25) is 9.59 Å². The maximum atomic E-state index is 13.9. The number of hydrogen-bond acceptors (Lipinski definition) is 12. The molecule has 18 heteroatoms. The van der Waals surface area contributed by atoms with Gasteiger partial charge >= 0.3 is 12.1 Å². The molecule has 2 aliphatic heterocycles. The molecule has 1 atom stereocenters. The molecule has 3 aromatic rings. The molecule has 0 saturated carbocycles. The van der Waals surface area contributed by atoms with Gasteiger partial charge in [-0.2, -0.15) is 13.2 Å². The normalized spacial score (nSPS) is 17.0. The number of fused-ring (bicyclic) bond motifs is 1. The number of halogens is 3. The van der Waals surface area contributed by atoms with Crippen LogP contribution in [0.3, 0.4) is 0 Å². The summed E-state index contributed by atoms with van der Waals surface area (Å²) in [4.78, 5) is 39.1. The smallest absolute Gasteiger partial charge is 0.393 e. The summed E-state index contributed by atoms with van der Waals surface area (Å²) in [6.07, 6.45) is -2.93. The number of nitrogens with one attached hydrogen (secondary N) is 3. The van der Waals surface area contributed by atoms with E-state index in [9.17, 15) is 41.1 Å². The second kappa shape index (κ2) is 19.0. The number of ether oxygens (including phenoxy) is 2. The van der Waals surface area contributed by atoms with Gasteiger partial charge < -0.3 is 41.2 Å². The summed E-state index contributed by atoms with van der Waals surface area (Å²) in [6, 6.07) is 8.86. The van der Waals surface area contributed by atoms with Crippen molar-refractivity contribution in [2.24, 2.45) is 5.73 Å². The number of nitrogens with zero attached hydrogens (tertiary/aromatic N) is 1. The van der Waals surface area contributed by atoms with Gasteiger partial charge in [0.25, 0.3) is 5.91 Å². The van der Waals surface area contributed by atoms with E-state index in [1.165, 1.54) is 29.5 Å². The minimum absolute atomic E-state index is 0.00509. The number of sulfone groups is 1. The molecule has 2 amide bonds. The van der Waals surface area contributed by atoms with Crippen molar-refractivity contribution in [2.75, 3.05) is 62.1 Å². The maximum absolute atomic E-state index is 13.9. The number of likely N-dealkylation sites (tertiary alicyclic amines) is 1. The highest BCUT2D eigenvalue weighted by atomic mass is 32.2. The fourth-order valence-electron chi connectivity index (χ4n) is 6.90. The van der Waals surface area contributed by atoms with E-state index in [4.69, 9.17) is 15.2 Å². The Balaban J connectivity index is 1.29. The van der Waals surface area contributed by atoms with Crippen LogP contribution < -0.4 is 26.4 Å². The number of nitrogens with two attached hydrogens (primary N) is 1. The molecule has 5 rings (SSSR count). The van der Waals surface area contributed by atoms with Gasteiger partial charge in [0, 0.05) is 37.2 Å². The molecule has 0 bridgehead atoms. The van der Waals surface area contributed by atoms with E-state index in [0.29, 0.717) is 28.6 Å². The Kier molecular flexibility index (Phi) is 14.5. The van der Waals surface area contributed by atoms with Crippen molar-refractivity contribution in [3.8, 4) is 17.6 Å². The van der Waals surface area contributed by atoms with E-state index in [2.05, 4.69) is 32.7 Å². The Bertz CT molecular complexity index is 2040. The summed E-state index contributed by atoms with van der Waals surface area (Å²) in [5, 5.41) is 19.0. The summed E-state index contributed by atoms with van der Waals surface area (Å²) in [6.45, 7) is 1.17. The molecular formula is C38H46F3N5O8S2. The molecule has 2 saturated heterocycles. The molecule has 2 fully saturated rings. The molecule has 3 heterocycles. The zero-order valence-corrected chi connectivity index (χ0v) is 32.5. The lowest BCUT2D eigenvalue weighted by atomic mass is 10.00. The first-order valence-electron chi connectivity index (χ1n) is 18.3. The number of benzene rings is 2. The molecule has 2 aromatic carbocycles. The number of rotatable bonds is 15. The number of esters is 1. The Morgan fingerprint density at radius 1 is 1.09 bits per heavy atom. The van der Waals surface area contributed by atoms with Crippen molar-refractivity contribution < 1.29 is 50.6 Å². The van der Waals surface area contributed by atoms with Crippen molar-refractivity contribution in [1.29, 1.82) is 0 Å². The highest BCUT2D eigenvalue weighted by Crippen LogP contribution is 2.39. The lowest BCUT2D eigenvalue weighted by Crippen LogP contribution is -2.47. The molecule has 1 aromatic heterocycles. The van der Waals surface area contributed by atoms with Crippen molar-refractivity contribution in [3.05, 3.63) is 52.4 Å². The predicted molar refractivity (Wildman–Crippen MR) is 208 cm³/mol. The first kappa shape index (κ1) is 42.6. The number of carbonyl (C=O) groups excluding carboxylic acids is 3. The molecule has 0 spiro atoms. The second-order valence-electron chi connectivity index (χ2n) is 13.7. The number of hydrogen-bond donors (Lipinski definition) is 5. The maximum Gasteiger partial charge on any atom is 0.393 e. The number of thiophene rings is 1. The summed E-state index contributed by atoms with van der Waals surface area (Å²) < 4.78 is 76.4. The zero-order chi connectivity index (χ0) is 40.5. The van der Waals surface area contributed by atoms with Gasteiger partial charge in [-0.05, 0) is 67.3 Å². The Hall–Kier alpha value is -4.57. The topological polar surface area (TPSA) is 189 Å². The molecule has 304 valence electrons. The van der Waals surface area contributed by atoms with Crippen molar-refractivity contribution >= 4 is 60.4 Å². The van der Waals surface area contributed by atoms with E-state index in [1.54, 1.807) is 12.1 Å². The minimum Gasteiger partial charge on any atom is -0.489 e. The van der Waals surface area contributed by atoms with Crippen LogP contribution in [0.5, 0.6) is 5.75 Å². The Morgan fingerprint density at radius 2 is 1.82 bits per heavy atom. The van der Waals surface area contributed by atoms with Crippen LogP contribution in [-0.4, -0.2) is 112 Å². The lowest BCUT2D eigenvalue weighted by Gasteiger charge is -2.39. The number of alkyl halides is 3. The third kappa shape index (κ3) is 11.7. The SMILES string of the molecule is COC(=O)C(CCC(N)=O)NC(=O)c1ccc(NCC#Cc2sc3c(NC4CCN(C5CCS(=O)(=O)CC5)CC4)cccc3c2CC(F)(F)F)c(OCCO)c1. The van der Waals surface area contributed by atoms with Gasteiger partial charge in [0.1, 0.15) is 28.2 Å². The van der Waals surface area contributed by atoms with Crippen molar-refractivity contribution in [2.45, 2.75) is 69.2 Å². The average molecular weight is 822 g/mol. The molecular weight excluding hydrogens is 776 g/mol. The van der Waals surface area contributed by atoms with Gasteiger partial charge in [-0.25, -0.2) is 13.2 Å². The van der Waals surface area contributed by atoms with Crippen LogP contribution in [0.1, 0.15) is 59.3 Å². The summed E-state index contributed by atoms with van der Waals surface area (Å²) in [5.41, 5.74) is 6.51. The van der Waals surface area contributed by atoms with Gasteiger partial charge in [0.05, 0.1) is 59.1 Å². The number of carbonyl (C=O) groups is 3. The van der Waals surface area contributed by atoms with Crippen LogP contribution in [0, 0.1) is 11.8 Å². The number of amides is 2. The fraction of sp³-hybridized carbons (Fsp3) is 0.500. The van der Waals surface area contributed by atoms with Crippen LogP contribution in [0.25, 0.3) is 10.1 Å². The van der Waals surface area contributed by atoms with Gasteiger partial charge in [0.15, 0.2) is 0 Å². The summed E-state index contributed by atoms with van der Waals surface area (Å²) in [5.74, 6) is 4.38. The molecule has 13 nitrogen and oxygen atoms in total. The lowest BCUT2D eigenvalue weighted by molar-refractivity contribution is -0.143. The molecule has 0 radical (unpaired) electrons. The van der Waals surface area contributed by atoms with E-state index >= 15 is 0 Å². The van der Waals surface area contributed by atoms with Crippen LogP contribution in [-0.2, 0) is 30.6 Å². The van der Waals surface area contributed by atoms with E-state index in [0.717, 1.165) is 38.7 Å². The van der Waals surface area contributed by atoms with Gasteiger partial charge in [-0.1, -0.05) is 24.0 Å². The monoisotopic (exact) mass is 821 g/mol. The number of methoxy groups -OCH3 is 1. The van der Waals surface area contributed by atoms with Crippen LogP contribution in [0.15, 0.2) is 36.4 Å². The summed E-state index contributed by atoms with van der Waals surface area (Å²) in [7, 11) is -1.80. The second-order valence-corrected chi connectivity index (χ2v) is 17.0. The molecule has 2 aliphatic rings. The number of piperidine rings is 1. The highest BCUT2D eigenvalue weighted by Gasteiger charge is 2.33. The van der Waals surface area contributed by atoms with Crippen LogP contribution in [0.4, 0.5) is 24.5 Å². The molecule has 6 N–H and O–H groups in total. The highest BCUT2D eigenvalue weighted by molar-refractivity contribution is 7.91. The number of anilines is 2. The van der Waals surface area contributed by atoms with Gasteiger partial charge in [-0.15, -0.1) is 11.3 Å². The molecule has 56 heavy (non-hydrogen) atoms. The first-order chi connectivity index (χ1) is 26.7. The van der Waals surface area contributed by atoms with Crippen molar-refractivity contribution in [3.63, 3.8) is 0 Å². The quantitative estimate of drug-likeness (QED) is 0.111. The van der Waals surface area contributed by atoms with Crippen LogP contribution >= 0.6 is 11.3 Å². The number of aliphatic hydroxyl groups is 1. The van der Waals surface area contributed by atoms with E-state index in [-0.39, 0.29) is 77.9 Å². The minimum atomic E-state index is -4.47. The Labute approximate surface area is 327 Å². The number of primary amides is 1. The fourth-order valence-corrected chi connectivity index (χ4v) is 9.54. The zero-order valence-electron chi connectivity index (χ0n) is 30.9. The first-order valence-corrected chi connectivity index (χ1v) is 20.9. The van der Waals surface area contributed by atoms with Gasteiger partial charge in [0.2, 0.25) is 5.91 Å². The molecule has 1 unspecified atom stereocenters. The van der Waals surface area contributed by atoms with Crippen molar-refractivity contribution in [1.82, 2.24) is 10.2 Å².